The zero-order chi connectivity index (χ0) is 20.8. The van der Waals surface area contributed by atoms with E-state index in [4.69, 9.17) is 10.6 Å². The Balaban J connectivity index is 1.67. The van der Waals surface area contributed by atoms with Crippen LogP contribution in [-0.2, 0) is 16.2 Å². The first-order valence-corrected chi connectivity index (χ1v) is 9.05. The molecule has 3 N–H and O–H groups in total. The van der Waals surface area contributed by atoms with E-state index < -0.39 is 23.4 Å². The SMILES string of the molecule is C[C@H](C(=O)ONC(=O)c1cccn(Cc2ccccc2)c1=O)c1cccc(N)c1. The van der Waals surface area contributed by atoms with E-state index in [1.54, 1.807) is 43.5 Å². The highest BCUT2D eigenvalue weighted by Crippen LogP contribution is 2.18. The summed E-state index contributed by atoms with van der Waals surface area (Å²) >= 11 is 0. The highest BCUT2D eigenvalue weighted by molar-refractivity contribution is 5.94. The van der Waals surface area contributed by atoms with Crippen molar-refractivity contribution in [1.82, 2.24) is 10.0 Å². The van der Waals surface area contributed by atoms with Crippen LogP contribution in [0.1, 0.15) is 34.3 Å². The maximum Gasteiger partial charge on any atom is 0.339 e. The van der Waals surface area contributed by atoms with Gasteiger partial charge in [-0.2, -0.15) is 5.48 Å². The number of carbonyl (C=O) groups excluding carboxylic acids is 2. The third-order valence-corrected chi connectivity index (χ3v) is 4.47. The van der Waals surface area contributed by atoms with Gasteiger partial charge in [0.1, 0.15) is 5.56 Å². The largest absolute Gasteiger partial charge is 0.399 e. The van der Waals surface area contributed by atoms with E-state index in [1.807, 2.05) is 30.3 Å². The molecule has 1 amide bonds. The van der Waals surface area contributed by atoms with Crippen LogP contribution in [0.25, 0.3) is 0 Å². The number of anilines is 1. The average Bonchev–Trinajstić information content (AvgIpc) is 2.73. The van der Waals surface area contributed by atoms with E-state index in [0.29, 0.717) is 17.8 Å². The second-order valence-corrected chi connectivity index (χ2v) is 6.58. The average molecular weight is 391 g/mol. The zero-order valence-corrected chi connectivity index (χ0v) is 15.9. The van der Waals surface area contributed by atoms with Gasteiger partial charge in [-0.15, -0.1) is 0 Å². The highest BCUT2D eigenvalue weighted by Gasteiger charge is 2.20. The summed E-state index contributed by atoms with van der Waals surface area (Å²) in [4.78, 5) is 42.1. The van der Waals surface area contributed by atoms with Crippen molar-refractivity contribution in [1.29, 1.82) is 0 Å². The number of nitrogens with one attached hydrogen (secondary N) is 1. The van der Waals surface area contributed by atoms with Gasteiger partial charge in [0.05, 0.1) is 12.5 Å². The Bertz CT molecular complexity index is 1080. The topological polar surface area (TPSA) is 103 Å². The Hall–Kier alpha value is -3.87. The third kappa shape index (κ3) is 4.90. The number of benzene rings is 2. The summed E-state index contributed by atoms with van der Waals surface area (Å²) in [7, 11) is 0. The zero-order valence-electron chi connectivity index (χ0n) is 15.9. The summed E-state index contributed by atoms with van der Waals surface area (Å²) in [5.41, 5.74) is 9.30. The molecule has 0 aliphatic heterocycles. The minimum absolute atomic E-state index is 0.118. The van der Waals surface area contributed by atoms with Gasteiger partial charge >= 0.3 is 5.97 Å². The van der Waals surface area contributed by atoms with Crippen LogP contribution in [0, 0.1) is 0 Å². The first-order valence-electron chi connectivity index (χ1n) is 9.05. The molecule has 0 aliphatic rings. The van der Waals surface area contributed by atoms with Crippen molar-refractivity contribution in [3.63, 3.8) is 0 Å². The molecule has 148 valence electrons. The van der Waals surface area contributed by atoms with Gasteiger partial charge in [-0.05, 0) is 42.3 Å². The summed E-state index contributed by atoms with van der Waals surface area (Å²) in [6.07, 6.45) is 1.60. The first-order chi connectivity index (χ1) is 14.0. The fraction of sp³-hybridized carbons (Fsp3) is 0.136. The molecule has 0 spiro atoms. The molecule has 7 heteroatoms. The van der Waals surface area contributed by atoms with Crippen LogP contribution in [0.3, 0.4) is 0 Å². The van der Waals surface area contributed by atoms with Gasteiger partial charge in [0, 0.05) is 11.9 Å². The van der Waals surface area contributed by atoms with Crippen LogP contribution in [0.2, 0.25) is 0 Å². The van der Waals surface area contributed by atoms with E-state index >= 15 is 0 Å². The quantitative estimate of drug-likeness (QED) is 0.514. The number of nitrogens with two attached hydrogens (primary N) is 1. The lowest BCUT2D eigenvalue weighted by Crippen LogP contribution is -2.35. The first kappa shape index (κ1) is 19.9. The Morgan fingerprint density at radius 1 is 1.07 bits per heavy atom. The lowest BCUT2D eigenvalue weighted by molar-refractivity contribution is -0.150. The van der Waals surface area contributed by atoms with Gasteiger partial charge in [0.2, 0.25) is 0 Å². The van der Waals surface area contributed by atoms with Crippen LogP contribution >= 0.6 is 0 Å². The standard InChI is InChI=1S/C22H21N3O4/c1-15(17-9-5-10-18(23)13-17)22(28)29-24-20(26)19-11-6-12-25(21(19)27)14-16-7-3-2-4-8-16/h2-13,15H,14,23H2,1H3,(H,24,26)/t15-/m0/s1. The minimum atomic E-state index is -0.787. The van der Waals surface area contributed by atoms with Crippen molar-refractivity contribution in [3.05, 3.63) is 100.0 Å². The van der Waals surface area contributed by atoms with Crippen LogP contribution in [0.15, 0.2) is 77.7 Å². The number of hydrogen-bond donors (Lipinski definition) is 2. The Morgan fingerprint density at radius 3 is 2.55 bits per heavy atom. The number of nitrogens with zero attached hydrogens (tertiary/aromatic N) is 1. The fourth-order valence-electron chi connectivity index (χ4n) is 2.82. The molecule has 0 saturated carbocycles. The van der Waals surface area contributed by atoms with Gasteiger partial charge in [0.15, 0.2) is 0 Å². The smallest absolute Gasteiger partial charge is 0.339 e. The normalized spacial score (nSPS) is 11.5. The molecule has 0 radical (unpaired) electrons. The maximum atomic E-state index is 12.6. The molecule has 0 fully saturated rings. The fourth-order valence-corrected chi connectivity index (χ4v) is 2.82. The molecular formula is C22H21N3O4. The summed E-state index contributed by atoms with van der Waals surface area (Å²) in [5, 5.41) is 0. The molecular weight excluding hydrogens is 370 g/mol. The van der Waals surface area contributed by atoms with Crippen molar-refractivity contribution >= 4 is 17.6 Å². The van der Waals surface area contributed by atoms with Crippen LogP contribution in [0.5, 0.6) is 0 Å². The molecule has 29 heavy (non-hydrogen) atoms. The van der Waals surface area contributed by atoms with Crippen molar-refractivity contribution < 1.29 is 14.4 Å². The van der Waals surface area contributed by atoms with E-state index in [1.165, 1.54) is 10.6 Å². The lowest BCUT2D eigenvalue weighted by atomic mass is 10.0. The predicted octanol–water partition coefficient (Wildman–Crippen LogP) is 2.47. The molecule has 7 nitrogen and oxygen atoms in total. The molecule has 0 unspecified atom stereocenters. The number of hydroxylamine groups is 1. The summed E-state index contributed by atoms with van der Waals surface area (Å²) in [6, 6.07) is 19.2. The van der Waals surface area contributed by atoms with E-state index in [-0.39, 0.29) is 5.56 Å². The number of pyridine rings is 1. The number of rotatable bonds is 5. The van der Waals surface area contributed by atoms with Gasteiger partial charge in [-0.1, -0.05) is 42.5 Å². The summed E-state index contributed by atoms with van der Waals surface area (Å²) in [5.74, 6) is -2.08. The van der Waals surface area contributed by atoms with Crippen molar-refractivity contribution in [2.45, 2.75) is 19.4 Å². The number of hydrogen-bond acceptors (Lipinski definition) is 5. The second kappa shape index (κ2) is 8.88. The molecule has 2 aromatic carbocycles. The maximum absolute atomic E-state index is 12.6. The monoisotopic (exact) mass is 391 g/mol. The predicted molar refractivity (Wildman–Crippen MR) is 109 cm³/mol. The molecule has 0 aliphatic carbocycles. The summed E-state index contributed by atoms with van der Waals surface area (Å²) in [6.45, 7) is 1.96. The number of carbonyl (C=O) groups is 2. The third-order valence-electron chi connectivity index (χ3n) is 4.47. The van der Waals surface area contributed by atoms with Crippen molar-refractivity contribution in [2.24, 2.45) is 0 Å². The van der Waals surface area contributed by atoms with E-state index in [0.717, 1.165) is 5.56 Å². The molecule has 1 aromatic heterocycles. The molecule has 3 rings (SSSR count). The number of nitrogen functional groups attached to an aromatic ring is 1. The Morgan fingerprint density at radius 2 is 1.83 bits per heavy atom. The molecule has 0 saturated heterocycles. The van der Waals surface area contributed by atoms with Crippen LogP contribution in [-0.4, -0.2) is 16.4 Å². The summed E-state index contributed by atoms with van der Waals surface area (Å²) < 4.78 is 1.42. The van der Waals surface area contributed by atoms with Crippen molar-refractivity contribution in [3.8, 4) is 0 Å². The number of amides is 1. The van der Waals surface area contributed by atoms with E-state index in [2.05, 4.69) is 5.48 Å². The van der Waals surface area contributed by atoms with Gasteiger partial charge in [-0.25, -0.2) is 4.79 Å². The lowest BCUT2D eigenvalue weighted by Gasteiger charge is -2.12. The van der Waals surface area contributed by atoms with Gasteiger partial charge in [-0.3, -0.25) is 9.59 Å². The molecule has 3 aromatic rings. The Kier molecular flexibility index (Phi) is 6.09. The number of aromatic nitrogens is 1. The van der Waals surface area contributed by atoms with Gasteiger partial charge < -0.3 is 15.1 Å². The Labute approximate surface area is 167 Å². The minimum Gasteiger partial charge on any atom is -0.399 e. The van der Waals surface area contributed by atoms with Crippen LogP contribution < -0.4 is 16.8 Å². The van der Waals surface area contributed by atoms with Crippen LogP contribution in [0.4, 0.5) is 5.69 Å². The molecule has 1 atom stereocenters. The van der Waals surface area contributed by atoms with Crippen molar-refractivity contribution in [2.75, 3.05) is 5.73 Å². The molecule has 0 bridgehead atoms. The highest BCUT2D eigenvalue weighted by atomic mass is 16.7. The molecule has 1 heterocycles. The van der Waals surface area contributed by atoms with Gasteiger partial charge in [0.25, 0.3) is 11.5 Å². The second-order valence-electron chi connectivity index (χ2n) is 6.58. The van der Waals surface area contributed by atoms with E-state index in [9.17, 15) is 14.4 Å².